The van der Waals surface area contributed by atoms with Crippen LogP contribution in [0.1, 0.15) is 16.8 Å². The van der Waals surface area contributed by atoms with Crippen molar-refractivity contribution in [3.8, 4) is 0 Å². The topological polar surface area (TPSA) is 57.6 Å². The summed E-state index contributed by atoms with van der Waals surface area (Å²) in [5.74, 6) is -1.20. The number of aromatic carboxylic acids is 1. The molecule has 0 bridgehead atoms. The molecule has 1 aliphatic heterocycles. The predicted molar refractivity (Wildman–Crippen MR) is 65.0 cm³/mol. The largest absolute Gasteiger partial charge is 0.478 e. The number of amides is 1. The maximum Gasteiger partial charge on any atom is 0.335 e. The van der Waals surface area contributed by atoms with Crippen molar-refractivity contribution < 1.29 is 14.7 Å². The Bertz CT molecular complexity index is 490. The Balaban J connectivity index is 2.41. The average molecular weight is 274 g/mol. The summed E-state index contributed by atoms with van der Waals surface area (Å²) in [6.45, 7) is 0.350. The molecule has 1 atom stereocenters. The van der Waals surface area contributed by atoms with Crippen LogP contribution in [-0.4, -0.2) is 28.9 Å². The Morgan fingerprint density at radius 1 is 1.47 bits per heavy atom. The summed E-state index contributed by atoms with van der Waals surface area (Å²) >= 11 is 11.8. The number of carboxylic acid groups (broad SMARTS) is 1. The highest BCUT2D eigenvalue weighted by molar-refractivity contribution is 6.34. The lowest BCUT2D eigenvalue weighted by atomic mass is 10.2. The van der Waals surface area contributed by atoms with Gasteiger partial charge in [0.05, 0.1) is 21.7 Å². The van der Waals surface area contributed by atoms with Crippen molar-refractivity contribution >= 4 is 40.8 Å². The number of alkyl halides is 1. The fraction of sp³-hybridized carbons (Fsp3) is 0.273. The first-order valence-corrected chi connectivity index (χ1v) is 5.77. The predicted octanol–water partition coefficient (Wildman–Crippen LogP) is 2.38. The van der Waals surface area contributed by atoms with Gasteiger partial charge in [-0.3, -0.25) is 4.79 Å². The summed E-state index contributed by atoms with van der Waals surface area (Å²) in [4.78, 5) is 23.9. The molecule has 1 aliphatic rings. The molecule has 0 aromatic heterocycles. The van der Waals surface area contributed by atoms with Gasteiger partial charge in [0, 0.05) is 13.0 Å². The SMILES string of the molecule is O=C(O)c1ccc(Cl)c(N2CC(Cl)CC2=O)c1. The van der Waals surface area contributed by atoms with Crippen LogP contribution in [0.2, 0.25) is 5.02 Å². The van der Waals surface area contributed by atoms with Crippen LogP contribution in [0.25, 0.3) is 0 Å². The molecule has 90 valence electrons. The number of carbonyl (C=O) groups excluding carboxylic acids is 1. The Morgan fingerprint density at radius 3 is 2.71 bits per heavy atom. The lowest BCUT2D eigenvalue weighted by Gasteiger charge is -2.17. The van der Waals surface area contributed by atoms with Crippen molar-refractivity contribution in [2.75, 3.05) is 11.4 Å². The number of hydrogen-bond donors (Lipinski definition) is 1. The first-order valence-electron chi connectivity index (χ1n) is 4.96. The summed E-state index contributed by atoms with van der Waals surface area (Å²) in [6, 6.07) is 4.25. The molecule has 17 heavy (non-hydrogen) atoms. The maximum atomic E-state index is 11.7. The van der Waals surface area contributed by atoms with Crippen molar-refractivity contribution in [3.63, 3.8) is 0 Å². The van der Waals surface area contributed by atoms with Crippen LogP contribution in [0.4, 0.5) is 5.69 Å². The smallest absolute Gasteiger partial charge is 0.335 e. The zero-order valence-corrected chi connectivity index (χ0v) is 10.2. The van der Waals surface area contributed by atoms with E-state index in [2.05, 4.69) is 0 Å². The molecule has 0 radical (unpaired) electrons. The zero-order valence-electron chi connectivity index (χ0n) is 8.69. The minimum atomic E-state index is -1.06. The number of anilines is 1. The monoisotopic (exact) mass is 273 g/mol. The highest BCUT2D eigenvalue weighted by atomic mass is 35.5. The highest BCUT2D eigenvalue weighted by Crippen LogP contribution is 2.31. The van der Waals surface area contributed by atoms with Gasteiger partial charge in [-0.1, -0.05) is 11.6 Å². The molecule has 1 amide bonds. The van der Waals surface area contributed by atoms with Crippen LogP contribution in [0.15, 0.2) is 18.2 Å². The van der Waals surface area contributed by atoms with E-state index in [9.17, 15) is 9.59 Å². The number of benzene rings is 1. The quantitative estimate of drug-likeness (QED) is 0.842. The summed E-state index contributed by atoms with van der Waals surface area (Å²) in [5, 5.41) is 8.97. The van der Waals surface area contributed by atoms with Crippen LogP contribution in [0, 0.1) is 0 Å². The van der Waals surface area contributed by atoms with E-state index in [4.69, 9.17) is 28.3 Å². The lowest BCUT2D eigenvalue weighted by molar-refractivity contribution is -0.117. The zero-order chi connectivity index (χ0) is 12.6. The molecule has 1 aromatic carbocycles. The third-order valence-corrected chi connectivity index (χ3v) is 3.17. The first-order chi connectivity index (χ1) is 7.99. The van der Waals surface area contributed by atoms with E-state index in [0.717, 1.165) is 0 Å². The third kappa shape index (κ3) is 2.37. The van der Waals surface area contributed by atoms with E-state index in [1.165, 1.54) is 23.1 Å². The van der Waals surface area contributed by atoms with Gasteiger partial charge in [0.25, 0.3) is 0 Å². The molecule has 0 aliphatic carbocycles. The molecule has 1 heterocycles. The molecular formula is C11H9Cl2NO3. The normalized spacial score (nSPS) is 19.8. The van der Waals surface area contributed by atoms with Crippen LogP contribution in [0.3, 0.4) is 0 Å². The summed E-state index contributed by atoms with van der Waals surface area (Å²) in [5.41, 5.74) is 0.495. The molecule has 1 fully saturated rings. The van der Waals surface area contributed by atoms with Crippen LogP contribution < -0.4 is 4.90 Å². The van der Waals surface area contributed by atoms with Crippen LogP contribution in [0.5, 0.6) is 0 Å². The van der Waals surface area contributed by atoms with Gasteiger partial charge in [-0.2, -0.15) is 0 Å². The van der Waals surface area contributed by atoms with Gasteiger partial charge in [0.2, 0.25) is 5.91 Å². The molecule has 1 N–H and O–H groups in total. The molecule has 6 heteroatoms. The van der Waals surface area contributed by atoms with Gasteiger partial charge in [0.1, 0.15) is 0 Å². The second-order valence-electron chi connectivity index (χ2n) is 3.78. The summed E-state index contributed by atoms with van der Waals surface area (Å²) in [6.07, 6.45) is 0.245. The Labute approximate surface area is 108 Å². The standard InChI is InChI=1S/C11H9Cl2NO3/c12-7-4-10(15)14(5-7)9-3-6(11(16)17)1-2-8(9)13/h1-3,7H,4-5H2,(H,16,17). The summed E-state index contributed by atoms with van der Waals surface area (Å²) in [7, 11) is 0. The van der Waals surface area contributed by atoms with Gasteiger partial charge in [-0.05, 0) is 18.2 Å². The number of rotatable bonds is 2. The molecule has 1 unspecified atom stereocenters. The minimum absolute atomic E-state index is 0.0928. The Hall–Kier alpha value is -1.26. The molecule has 1 aromatic rings. The van der Waals surface area contributed by atoms with E-state index in [0.29, 0.717) is 17.3 Å². The van der Waals surface area contributed by atoms with Crippen LogP contribution >= 0.6 is 23.2 Å². The summed E-state index contributed by atoms with van der Waals surface area (Å²) < 4.78 is 0. The van der Waals surface area contributed by atoms with E-state index in [1.807, 2.05) is 0 Å². The molecule has 0 saturated carbocycles. The van der Waals surface area contributed by atoms with Gasteiger partial charge >= 0.3 is 5.97 Å². The van der Waals surface area contributed by atoms with Crippen molar-refractivity contribution in [1.82, 2.24) is 0 Å². The minimum Gasteiger partial charge on any atom is -0.478 e. The highest BCUT2D eigenvalue weighted by Gasteiger charge is 2.30. The molecule has 0 spiro atoms. The molecule has 4 nitrogen and oxygen atoms in total. The third-order valence-electron chi connectivity index (χ3n) is 2.56. The van der Waals surface area contributed by atoms with E-state index >= 15 is 0 Å². The van der Waals surface area contributed by atoms with Gasteiger partial charge in [-0.25, -0.2) is 4.79 Å². The van der Waals surface area contributed by atoms with E-state index in [1.54, 1.807) is 0 Å². The fourth-order valence-electron chi connectivity index (χ4n) is 1.75. The maximum absolute atomic E-state index is 11.7. The first kappa shape index (κ1) is 12.2. The second kappa shape index (κ2) is 4.55. The van der Waals surface area contributed by atoms with Gasteiger partial charge in [0.15, 0.2) is 0 Å². The van der Waals surface area contributed by atoms with Crippen molar-refractivity contribution in [3.05, 3.63) is 28.8 Å². The van der Waals surface area contributed by atoms with Gasteiger partial charge in [-0.15, -0.1) is 11.6 Å². The second-order valence-corrected chi connectivity index (χ2v) is 4.80. The van der Waals surface area contributed by atoms with E-state index < -0.39 is 5.97 Å². The Kier molecular flexibility index (Phi) is 3.26. The average Bonchev–Trinajstić information content (AvgIpc) is 2.58. The molecular weight excluding hydrogens is 265 g/mol. The number of carboxylic acids is 1. The lowest BCUT2D eigenvalue weighted by Crippen LogP contribution is -2.25. The number of hydrogen-bond acceptors (Lipinski definition) is 2. The molecule has 2 rings (SSSR count). The number of halogens is 2. The molecule has 1 saturated heterocycles. The Morgan fingerprint density at radius 2 is 2.18 bits per heavy atom. The van der Waals surface area contributed by atoms with E-state index in [-0.39, 0.29) is 23.3 Å². The van der Waals surface area contributed by atoms with Crippen molar-refractivity contribution in [2.24, 2.45) is 0 Å². The van der Waals surface area contributed by atoms with Crippen molar-refractivity contribution in [2.45, 2.75) is 11.8 Å². The van der Waals surface area contributed by atoms with Crippen molar-refractivity contribution in [1.29, 1.82) is 0 Å². The van der Waals surface area contributed by atoms with Crippen LogP contribution in [-0.2, 0) is 4.79 Å². The van der Waals surface area contributed by atoms with Gasteiger partial charge < -0.3 is 10.0 Å². The number of nitrogens with zero attached hydrogens (tertiary/aromatic N) is 1. The number of carbonyl (C=O) groups is 2. The fourth-order valence-corrected chi connectivity index (χ4v) is 2.24.